The number of carboxylic acids is 1. The van der Waals surface area contributed by atoms with E-state index in [0.717, 1.165) is 22.3 Å². The van der Waals surface area contributed by atoms with E-state index >= 15 is 0 Å². The molecule has 2 N–H and O–H groups in total. The van der Waals surface area contributed by atoms with Gasteiger partial charge in [-0.25, -0.2) is 4.79 Å². The third-order valence-corrected chi connectivity index (χ3v) is 6.45. The number of amides is 2. The summed E-state index contributed by atoms with van der Waals surface area (Å²) in [5.41, 5.74) is 3.88. The first-order valence-electron chi connectivity index (χ1n) is 11.3. The first kappa shape index (κ1) is 24.6. The van der Waals surface area contributed by atoms with Crippen molar-refractivity contribution in [3.05, 3.63) is 59.7 Å². The Hall–Kier alpha value is -3.56. The number of alkyl halides is 3. The monoisotopic (exact) mass is 490 g/mol. The second kappa shape index (κ2) is 9.97. The van der Waals surface area contributed by atoms with Crippen molar-refractivity contribution in [2.75, 3.05) is 19.7 Å². The number of nitrogens with one attached hydrogen (secondary N) is 1. The van der Waals surface area contributed by atoms with E-state index in [2.05, 4.69) is 0 Å². The average Bonchev–Trinajstić information content (AvgIpc) is 3.10. The Bertz CT molecular complexity index is 1070. The number of hydrogen-bond acceptors (Lipinski definition) is 4. The molecular weight excluding hydrogens is 465 g/mol. The van der Waals surface area contributed by atoms with Crippen LogP contribution in [0.25, 0.3) is 11.1 Å². The quantitative estimate of drug-likeness (QED) is 0.579. The van der Waals surface area contributed by atoms with Crippen LogP contribution in [-0.4, -0.2) is 59.9 Å². The Morgan fingerprint density at radius 1 is 1.03 bits per heavy atom. The van der Waals surface area contributed by atoms with E-state index in [1.165, 1.54) is 4.90 Å². The van der Waals surface area contributed by atoms with Crippen molar-refractivity contribution < 1.29 is 37.4 Å². The summed E-state index contributed by atoms with van der Waals surface area (Å²) in [4.78, 5) is 36.5. The highest BCUT2D eigenvalue weighted by atomic mass is 19.4. The highest BCUT2D eigenvalue weighted by Crippen LogP contribution is 2.44. The predicted molar refractivity (Wildman–Crippen MR) is 120 cm³/mol. The van der Waals surface area contributed by atoms with Crippen molar-refractivity contribution in [3.63, 3.8) is 0 Å². The summed E-state index contributed by atoms with van der Waals surface area (Å²) in [6.07, 6.45) is -7.10. The molecule has 2 aromatic carbocycles. The molecule has 0 radical (unpaired) electrons. The van der Waals surface area contributed by atoms with Crippen molar-refractivity contribution >= 4 is 18.0 Å². The van der Waals surface area contributed by atoms with Gasteiger partial charge in [-0.05, 0) is 28.7 Å². The van der Waals surface area contributed by atoms with Gasteiger partial charge in [-0.1, -0.05) is 48.5 Å². The lowest BCUT2D eigenvalue weighted by atomic mass is 9.95. The van der Waals surface area contributed by atoms with E-state index in [1.807, 2.05) is 53.8 Å². The van der Waals surface area contributed by atoms with E-state index in [-0.39, 0.29) is 38.0 Å². The van der Waals surface area contributed by atoms with Crippen LogP contribution in [-0.2, 0) is 14.3 Å². The number of fused-ring (bicyclic) bond motifs is 3. The van der Waals surface area contributed by atoms with Crippen LogP contribution in [0.4, 0.5) is 18.0 Å². The number of nitrogens with zero attached hydrogens (tertiary/aromatic N) is 1. The lowest BCUT2D eigenvalue weighted by Gasteiger charge is -2.39. The van der Waals surface area contributed by atoms with E-state index in [1.54, 1.807) is 0 Å². The predicted octanol–water partition coefficient (Wildman–Crippen LogP) is 4.17. The summed E-state index contributed by atoms with van der Waals surface area (Å²) in [6, 6.07) is 13.0. The second-order valence-corrected chi connectivity index (χ2v) is 8.87. The highest BCUT2D eigenvalue weighted by molar-refractivity contribution is 5.79. The van der Waals surface area contributed by atoms with E-state index in [9.17, 15) is 27.6 Å². The maximum absolute atomic E-state index is 13.5. The summed E-state index contributed by atoms with van der Waals surface area (Å²) in [5, 5.41) is 10.6. The molecule has 1 aliphatic heterocycles. The smallest absolute Gasteiger partial charge is 0.408 e. The van der Waals surface area contributed by atoms with Crippen LogP contribution in [0.2, 0.25) is 0 Å². The molecule has 0 saturated carbocycles. The molecule has 0 unspecified atom stereocenters. The SMILES string of the molecule is O=C(O)CC1CN(C(=O)CC[C@H](NC(=O)OCC2c3ccccc3-c3ccccc32)C(F)(F)F)C1. The van der Waals surface area contributed by atoms with Crippen LogP contribution < -0.4 is 5.32 Å². The number of halogens is 3. The second-order valence-electron chi connectivity index (χ2n) is 8.87. The molecule has 2 aliphatic rings. The number of ether oxygens (including phenoxy) is 1. The lowest BCUT2D eigenvalue weighted by Crippen LogP contribution is -2.51. The number of carbonyl (C=O) groups excluding carboxylic acids is 2. The molecule has 1 fully saturated rings. The molecule has 0 spiro atoms. The largest absolute Gasteiger partial charge is 0.481 e. The van der Waals surface area contributed by atoms with Gasteiger partial charge in [0.1, 0.15) is 12.6 Å². The molecule has 4 rings (SSSR count). The van der Waals surface area contributed by atoms with Crippen LogP contribution in [0.5, 0.6) is 0 Å². The van der Waals surface area contributed by atoms with Gasteiger partial charge in [0.15, 0.2) is 0 Å². The molecule has 1 atom stereocenters. The highest BCUT2D eigenvalue weighted by Gasteiger charge is 2.42. The summed E-state index contributed by atoms with van der Waals surface area (Å²) in [6.45, 7) is 0.297. The number of hydrogen-bond donors (Lipinski definition) is 2. The van der Waals surface area contributed by atoms with Gasteiger partial charge in [0, 0.05) is 31.3 Å². The average molecular weight is 490 g/mol. The van der Waals surface area contributed by atoms with Crippen LogP contribution in [0.15, 0.2) is 48.5 Å². The van der Waals surface area contributed by atoms with Gasteiger partial charge in [-0.15, -0.1) is 0 Å². The standard InChI is InChI=1S/C25H25F3N2O5/c26-25(27,28)21(9-10-22(31)30-12-15(13-30)11-23(32)33)29-24(34)35-14-20-18-7-3-1-5-16(18)17-6-2-4-8-19(17)20/h1-8,15,20-21H,9-14H2,(H,29,34)(H,32,33)/t21-/m0/s1. The minimum atomic E-state index is -4.76. The Kier molecular flexibility index (Phi) is 7.00. The van der Waals surface area contributed by atoms with Crippen molar-refractivity contribution in [3.8, 4) is 11.1 Å². The Morgan fingerprint density at radius 2 is 1.60 bits per heavy atom. The molecule has 1 aliphatic carbocycles. The fourth-order valence-corrected chi connectivity index (χ4v) is 4.68. The number of carboxylic acid groups (broad SMARTS) is 1. The lowest BCUT2D eigenvalue weighted by molar-refractivity contribution is -0.158. The van der Waals surface area contributed by atoms with Crippen LogP contribution in [0, 0.1) is 5.92 Å². The zero-order chi connectivity index (χ0) is 25.2. The summed E-state index contributed by atoms with van der Waals surface area (Å²) in [7, 11) is 0. The van der Waals surface area contributed by atoms with Crippen LogP contribution in [0.1, 0.15) is 36.3 Å². The van der Waals surface area contributed by atoms with Crippen molar-refractivity contribution in [1.82, 2.24) is 10.2 Å². The zero-order valence-corrected chi connectivity index (χ0v) is 18.8. The third-order valence-electron chi connectivity index (χ3n) is 6.45. The van der Waals surface area contributed by atoms with Gasteiger partial charge in [-0.3, -0.25) is 9.59 Å². The molecule has 10 heteroatoms. The topological polar surface area (TPSA) is 95.9 Å². The van der Waals surface area contributed by atoms with Crippen LogP contribution >= 0.6 is 0 Å². The number of benzene rings is 2. The molecule has 186 valence electrons. The number of aliphatic carboxylic acids is 1. The molecule has 2 amide bonds. The summed E-state index contributed by atoms with van der Waals surface area (Å²) >= 11 is 0. The normalized spacial score (nSPS) is 16.1. The first-order chi connectivity index (χ1) is 16.6. The first-order valence-corrected chi connectivity index (χ1v) is 11.3. The zero-order valence-electron chi connectivity index (χ0n) is 18.8. The molecule has 0 aromatic heterocycles. The number of rotatable bonds is 8. The minimum Gasteiger partial charge on any atom is -0.481 e. The van der Waals surface area contributed by atoms with Gasteiger partial charge in [-0.2, -0.15) is 13.2 Å². The van der Waals surface area contributed by atoms with E-state index in [4.69, 9.17) is 9.84 Å². The maximum Gasteiger partial charge on any atom is 0.408 e. The Morgan fingerprint density at radius 3 is 2.14 bits per heavy atom. The van der Waals surface area contributed by atoms with Crippen LogP contribution in [0.3, 0.4) is 0 Å². The van der Waals surface area contributed by atoms with Gasteiger partial charge >= 0.3 is 18.2 Å². The summed E-state index contributed by atoms with van der Waals surface area (Å²) < 4.78 is 45.7. The minimum absolute atomic E-state index is 0.0850. The number of carbonyl (C=O) groups is 3. The van der Waals surface area contributed by atoms with E-state index in [0.29, 0.717) is 0 Å². The van der Waals surface area contributed by atoms with Crippen molar-refractivity contribution in [1.29, 1.82) is 0 Å². The number of likely N-dealkylation sites (tertiary alicyclic amines) is 1. The molecule has 35 heavy (non-hydrogen) atoms. The Balaban J connectivity index is 1.31. The summed E-state index contributed by atoms with van der Waals surface area (Å²) in [5.74, 6) is -1.96. The molecule has 7 nitrogen and oxygen atoms in total. The molecule has 0 bridgehead atoms. The molecular formula is C25H25F3N2O5. The van der Waals surface area contributed by atoms with E-state index < -0.39 is 43.0 Å². The fraction of sp³-hybridized carbons (Fsp3) is 0.400. The molecule has 1 saturated heterocycles. The molecule has 1 heterocycles. The van der Waals surface area contributed by atoms with Crippen molar-refractivity contribution in [2.24, 2.45) is 5.92 Å². The fourth-order valence-electron chi connectivity index (χ4n) is 4.68. The third kappa shape index (κ3) is 5.58. The van der Waals surface area contributed by atoms with Crippen molar-refractivity contribution in [2.45, 2.75) is 37.4 Å². The van der Waals surface area contributed by atoms with Gasteiger partial charge in [0.05, 0.1) is 6.42 Å². The van der Waals surface area contributed by atoms with Gasteiger partial charge in [0.2, 0.25) is 5.91 Å². The Labute approximate surface area is 199 Å². The number of alkyl carbamates (subject to hydrolysis) is 1. The van der Waals surface area contributed by atoms with Gasteiger partial charge < -0.3 is 20.1 Å². The molecule has 2 aromatic rings. The van der Waals surface area contributed by atoms with Gasteiger partial charge in [0.25, 0.3) is 0 Å². The maximum atomic E-state index is 13.5.